The van der Waals surface area contributed by atoms with E-state index in [4.69, 9.17) is 16.3 Å². The molecule has 0 aromatic heterocycles. The normalized spacial score (nSPS) is 42.6. The van der Waals surface area contributed by atoms with E-state index in [0.717, 1.165) is 11.8 Å². The Kier molecular flexibility index (Phi) is 3.92. The lowest BCUT2D eigenvalue weighted by Crippen LogP contribution is -2.45. The molecule has 1 aliphatic heterocycles. The Morgan fingerprint density at radius 3 is 2.80 bits per heavy atom. The molecule has 2 nitrogen and oxygen atoms in total. The van der Waals surface area contributed by atoms with Gasteiger partial charge in [0.05, 0.1) is 6.10 Å². The minimum atomic E-state index is 0.445. The Bertz CT molecular complexity index is 212. The predicted octanol–water partition coefficient (Wildman–Crippen LogP) is 2.50. The predicted molar refractivity (Wildman–Crippen MR) is 63.4 cm³/mol. The summed E-state index contributed by atoms with van der Waals surface area (Å²) in [5, 5.41) is 0. The van der Waals surface area contributed by atoms with E-state index in [1.54, 1.807) is 0 Å². The van der Waals surface area contributed by atoms with Crippen LogP contribution in [0.2, 0.25) is 0 Å². The zero-order valence-corrected chi connectivity index (χ0v) is 10.5. The van der Waals surface area contributed by atoms with E-state index >= 15 is 0 Å². The Hall–Kier alpha value is 0.210. The second kappa shape index (κ2) is 5.03. The number of ether oxygens (including phenoxy) is 1. The van der Waals surface area contributed by atoms with Gasteiger partial charge in [-0.3, -0.25) is 4.90 Å². The molecule has 88 valence electrons. The molecule has 1 aliphatic carbocycles. The van der Waals surface area contributed by atoms with Crippen molar-refractivity contribution in [2.24, 2.45) is 5.92 Å². The summed E-state index contributed by atoms with van der Waals surface area (Å²) in [4.78, 5) is 2.61. The first-order chi connectivity index (χ1) is 7.27. The van der Waals surface area contributed by atoms with E-state index in [2.05, 4.69) is 11.8 Å². The lowest BCUT2D eigenvalue weighted by atomic mass is 10.0. The largest absolute Gasteiger partial charge is 0.380 e. The van der Waals surface area contributed by atoms with Crippen molar-refractivity contribution in [1.29, 1.82) is 0 Å². The highest BCUT2D eigenvalue weighted by Crippen LogP contribution is 2.34. The van der Waals surface area contributed by atoms with Gasteiger partial charge in [-0.1, -0.05) is 6.92 Å². The van der Waals surface area contributed by atoms with Crippen LogP contribution in [0.25, 0.3) is 0 Å². The maximum absolute atomic E-state index is 6.08. The summed E-state index contributed by atoms with van der Waals surface area (Å²) in [7, 11) is 1.85. The SMILES string of the molecule is COC1CCCC1N1CCC(C)C1CCl. The number of methoxy groups -OCH3 is 1. The minimum Gasteiger partial charge on any atom is -0.380 e. The standard InChI is InChI=1S/C12H22ClNO/c1-9-6-7-14(11(9)8-13)10-4-3-5-12(10)15-2/h9-12H,3-8H2,1-2H3. The monoisotopic (exact) mass is 231 g/mol. The Morgan fingerprint density at radius 1 is 1.33 bits per heavy atom. The van der Waals surface area contributed by atoms with Crippen molar-refractivity contribution < 1.29 is 4.74 Å². The van der Waals surface area contributed by atoms with E-state index in [1.807, 2.05) is 7.11 Å². The fraction of sp³-hybridized carbons (Fsp3) is 1.00. The van der Waals surface area contributed by atoms with Crippen LogP contribution in [0.5, 0.6) is 0 Å². The third-order valence-electron chi connectivity index (χ3n) is 4.23. The molecule has 1 saturated carbocycles. The molecule has 2 rings (SSSR count). The molecule has 0 N–H and O–H groups in total. The molecular formula is C12H22ClNO. The third-order valence-corrected chi connectivity index (χ3v) is 4.55. The first-order valence-electron chi connectivity index (χ1n) is 6.12. The molecule has 4 atom stereocenters. The molecule has 1 heterocycles. The highest BCUT2D eigenvalue weighted by Gasteiger charge is 2.40. The van der Waals surface area contributed by atoms with Crippen LogP contribution in [0.1, 0.15) is 32.6 Å². The molecule has 0 aromatic rings. The Labute approximate surface area is 97.9 Å². The van der Waals surface area contributed by atoms with Gasteiger partial charge in [0, 0.05) is 25.1 Å². The smallest absolute Gasteiger partial charge is 0.0726 e. The number of nitrogens with zero attached hydrogens (tertiary/aromatic N) is 1. The van der Waals surface area contributed by atoms with Crippen molar-refractivity contribution in [3.05, 3.63) is 0 Å². The van der Waals surface area contributed by atoms with E-state index < -0.39 is 0 Å². The molecule has 3 heteroatoms. The highest BCUT2D eigenvalue weighted by atomic mass is 35.5. The fourth-order valence-corrected chi connectivity index (χ4v) is 3.73. The van der Waals surface area contributed by atoms with Gasteiger partial charge < -0.3 is 4.74 Å². The van der Waals surface area contributed by atoms with Gasteiger partial charge in [-0.25, -0.2) is 0 Å². The number of rotatable bonds is 3. The van der Waals surface area contributed by atoms with Gasteiger partial charge >= 0.3 is 0 Å². The zero-order valence-electron chi connectivity index (χ0n) is 9.79. The molecule has 2 aliphatic rings. The summed E-state index contributed by atoms with van der Waals surface area (Å²) in [6, 6.07) is 1.20. The van der Waals surface area contributed by atoms with Crippen molar-refractivity contribution in [2.45, 2.75) is 50.8 Å². The van der Waals surface area contributed by atoms with Gasteiger partial charge in [0.25, 0.3) is 0 Å². The van der Waals surface area contributed by atoms with Crippen LogP contribution in [0.4, 0.5) is 0 Å². The first kappa shape index (κ1) is 11.7. The van der Waals surface area contributed by atoms with Crippen molar-refractivity contribution in [2.75, 3.05) is 19.5 Å². The van der Waals surface area contributed by atoms with Crippen molar-refractivity contribution in [1.82, 2.24) is 4.90 Å². The van der Waals surface area contributed by atoms with Crippen LogP contribution in [-0.4, -0.2) is 42.6 Å². The van der Waals surface area contributed by atoms with Crippen molar-refractivity contribution in [3.8, 4) is 0 Å². The molecule has 2 fully saturated rings. The lowest BCUT2D eigenvalue weighted by Gasteiger charge is -2.34. The maximum atomic E-state index is 6.08. The van der Waals surface area contributed by atoms with Gasteiger partial charge in [-0.15, -0.1) is 11.6 Å². The molecule has 0 radical (unpaired) electrons. The molecule has 0 bridgehead atoms. The number of hydrogen-bond donors (Lipinski definition) is 0. The summed E-state index contributed by atoms with van der Waals surface area (Å²) < 4.78 is 5.58. The Morgan fingerprint density at radius 2 is 2.13 bits per heavy atom. The Balaban J connectivity index is 2.03. The maximum Gasteiger partial charge on any atom is 0.0726 e. The summed E-state index contributed by atoms with van der Waals surface area (Å²) in [6.45, 7) is 3.53. The summed E-state index contributed by atoms with van der Waals surface area (Å²) in [5.74, 6) is 1.52. The topological polar surface area (TPSA) is 12.5 Å². The summed E-state index contributed by atoms with van der Waals surface area (Å²) in [6.07, 6.45) is 5.56. The zero-order chi connectivity index (χ0) is 10.8. The van der Waals surface area contributed by atoms with Crippen molar-refractivity contribution >= 4 is 11.6 Å². The van der Waals surface area contributed by atoms with E-state index in [0.29, 0.717) is 18.2 Å². The van der Waals surface area contributed by atoms with Gasteiger partial charge in [0.2, 0.25) is 0 Å². The first-order valence-corrected chi connectivity index (χ1v) is 6.66. The van der Waals surface area contributed by atoms with Gasteiger partial charge in [-0.2, -0.15) is 0 Å². The summed E-state index contributed by atoms with van der Waals surface area (Å²) >= 11 is 6.08. The number of halogens is 1. The van der Waals surface area contributed by atoms with Crippen LogP contribution < -0.4 is 0 Å². The van der Waals surface area contributed by atoms with E-state index in [9.17, 15) is 0 Å². The minimum absolute atomic E-state index is 0.445. The van der Waals surface area contributed by atoms with Crippen LogP contribution in [0, 0.1) is 5.92 Å². The third kappa shape index (κ3) is 2.17. The average Bonchev–Trinajstić information content (AvgIpc) is 2.82. The number of hydrogen-bond acceptors (Lipinski definition) is 2. The molecule has 4 unspecified atom stereocenters. The molecule has 1 saturated heterocycles. The fourth-order valence-electron chi connectivity index (χ4n) is 3.25. The van der Waals surface area contributed by atoms with E-state index in [-0.39, 0.29) is 0 Å². The second-order valence-electron chi connectivity index (χ2n) is 5.00. The number of likely N-dealkylation sites (tertiary alicyclic amines) is 1. The number of alkyl halides is 1. The van der Waals surface area contributed by atoms with Crippen LogP contribution in [-0.2, 0) is 4.74 Å². The molecule has 15 heavy (non-hydrogen) atoms. The summed E-state index contributed by atoms with van der Waals surface area (Å²) in [5.41, 5.74) is 0. The van der Waals surface area contributed by atoms with Gasteiger partial charge in [0.1, 0.15) is 0 Å². The molecule has 0 aromatic carbocycles. The van der Waals surface area contributed by atoms with Gasteiger partial charge in [-0.05, 0) is 38.1 Å². The lowest BCUT2D eigenvalue weighted by molar-refractivity contribution is 0.0278. The van der Waals surface area contributed by atoms with Gasteiger partial charge in [0.15, 0.2) is 0 Å². The quantitative estimate of drug-likeness (QED) is 0.693. The molecule has 0 spiro atoms. The molecule has 0 amide bonds. The highest BCUT2D eigenvalue weighted by molar-refractivity contribution is 6.18. The van der Waals surface area contributed by atoms with Crippen LogP contribution >= 0.6 is 11.6 Å². The van der Waals surface area contributed by atoms with Crippen LogP contribution in [0.15, 0.2) is 0 Å². The molecular weight excluding hydrogens is 210 g/mol. The van der Waals surface area contributed by atoms with E-state index in [1.165, 1.54) is 32.2 Å². The second-order valence-corrected chi connectivity index (χ2v) is 5.31. The van der Waals surface area contributed by atoms with Crippen LogP contribution in [0.3, 0.4) is 0 Å². The van der Waals surface area contributed by atoms with Crippen molar-refractivity contribution in [3.63, 3.8) is 0 Å². The average molecular weight is 232 g/mol.